The number of rotatable bonds is 2. The van der Waals surface area contributed by atoms with Gasteiger partial charge in [0.15, 0.2) is 9.84 Å². The van der Waals surface area contributed by atoms with Gasteiger partial charge in [-0.15, -0.1) is 0 Å². The molecule has 0 fully saturated rings. The molecule has 0 bridgehead atoms. The molecule has 2 heterocycles. The second-order valence-electron chi connectivity index (χ2n) is 6.29. The van der Waals surface area contributed by atoms with E-state index in [1.54, 1.807) is 6.07 Å². The van der Waals surface area contributed by atoms with Crippen LogP contribution in [0, 0.1) is 0 Å². The molecular weight excluding hydrogens is 312 g/mol. The molecule has 1 aliphatic carbocycles. The Kier molecular flexibility index (Phi) is 3.30. The van der Waals surface area contributed by atoms with Crippen LogP contribution in [0.1, 0.15) is 34.5 Å². The third-order valence-corrected chi connectivity index (χ3v) is 6.00. The average Bonchev–Trinajstić information content (AvgIpc) is 3.06. The number of amides is 1. The molecule has 0 saturated carbocycles. The van der Waals surface area contributed by atoms with Crippen LogP contribution in [-0.2, 0) is 22.7 Å². The minimum absolute atomic E-state index is 0.0550. The zero-order valence-corrected chi connectivity index (χ0v) is 13.4. The number of benzene rings is 1. The quantitative estimate of drug-likeness (QED) is 0.885. The monoisotopic (exact) mass is 330 g/mol. The Balaban J connectivity index is 1.61. The number of hydrogen-bond acceptors (Lipinski definition) is 3. The van der Waals surface area contributed by atoms with Crippen molar-refractivity contribution in [1.29, 1.82) is 0 Å². The molecule has 1 aliphatic heterocycles. The highest BCUT2D eigenvalue weighted by molar-refractivity contribution is 7.94. The van der Waals surface area contributed by atoms with Gasteiger partial charge in [0.25, 0.3) is 5.91 Å². The predicted molar refractivity (Wildman–Crippen MR) is 89.1 cm³/mol. The molecule has 0 spiro atoms. The van der Waals surface area contributed by atoms with E-state index in [0.717, 1.165) is 23.7 Å². The van der Waals surface area contributed by atoms with Gasteiger partial charge in [-0.1, -0.05) is 0 Å². The van der Waals surface area contributed by atoms with E-state index in [-0.39, 0.29) is 11.7 Å². The summed E-state index contributed by atoms with van der Waals surface area (Å²) in [6, 6.07) is 5.19. The molecule has 2 N–H and O–H groups in total. The van der Waals surface area contributed by atoms with Crippen LogP contribution in [0.3, 0.4) is 0 Å². The number of nitrogens with one attached hydrogen (secondary N) is 2. The summed E-state index contributed by atoms with van der Waals surface area (Å²) in [7, 11) is -3.16. The fourth-order valence-corrected chi connectivity index (χ4v) is 4.70. The van der Waals surface area contributed by atoms with Crippen LogP contribution in [0.4, 0.5) is 0 Å². The maximum absolute atomic E-state index is 12.4. The first-order valence-electron chi connectivity index (χ1n) is 7.87. The SMILES string of the molecule is O=C(N[C@@H]1C=CS(=O)(=O)C1)c1ccc2[nH]c3c(c2c1)CCCC3. The highest BCUT2D eigenvalue weighted by Gasteiger charge is 2.24. The van der Waals surface area contributed by atoms with Crippen LogP contribution >= 0.6 is 0 Å². The van der Waals surface area contributed by atoms with Gasteiger partial charge in [0.2, 0.25) is 0 Å². The largest absolute Gasteiger partial charge is 0.358 e. The summed E-state index contributed by atoms with van der Waals surface area (Å²) in [6.45, 7) is 0. The topological polar surface area (TPSA) is 79.0 Å². The molecule has 23 heavy (non-hydrogen) atoms. The van der Waals surface area contributed by atoms with Crippen molar-refractivity contribution in [2.24, 2.45) is 0 Å². The summed E-state index contributed by atoms with van der Waals surface area (Å²) < 4.78 is 22.8. The first-order valence-corrected chi connectivity index (χ1v) is 9.59. The van der Waals surface area contributed by atoms with Crippen LogP contribution in [-0.4, -0.2) is 31.1 Å². The van der Waals surface area contributed by atoms with E-state index >= 15 is 0 Å². The van der Waals surface area contributed by atoms with E-state index in [9.17, 15) is 13.2 Å². The molecule has 0 saturated heterocycles. The van der Waals surface area contributed by atoms with Crippen LogP contribution in [0.5, 0.6) is 0 Å². The lowest BCUT2D eigenvalue weighted by atomic mass is 9.95. The Bertz CT molecular complexity index is 925. The van der Waals surface area contributed by atoms with Crippen LogP contribution < -0.4 is 5.32 Å². The molecule has 0 radical (unpaired) electrons. The van der Waals surface area contributed by atoms with Crippen LogP contribution in [0.2, 0.25) is 0 Å². The van der Waals surface area contributed by atoms with E-state index in [4.69, 9.17) is 0 Å². The third-order valence-electron chi connectivity index (χ3n) is 4.61. The number of aromatic nitrogens is 1. The Morgan fingerprint density at radius 3 is 2.83 bits per heavy atom. The lowest BCUT2D eigenvalue weighted by molar-refractivity contribution is 0.0948. The molecule has 5 nitrogen and oxygen atoms in total. The van der Waals surface area contributed by atoms with Gasteiger partial charge >= 0.3 is 0 Å². The molecular formula is C17H18N2O3S. The maximum Gasteiger partial charge on any atom is 0.251 e. The third kappa shape index (κ3) is 2.67. The van der Waals surface area contributed by atoms with Crippen molar-refractivity contribution in [3.63, 3.8) is 0 Å². The number of H-pyrrole nitrogens is 1. The molecule has 4 rings (SSSR count). The predicted octanol–water partition coefficient (Wildman–Crippen LogP) is 2.09. The lowest BCUT2D eigenvalue weighted by Crippen LogP contribution is -2.35. The van der Waals surface area contributed by atoms with Gasteiger partial charge in [-0.25, -0.2) is 8.42 Å². The molecule has 6 heteroatoms. The van der Waals surface area contributed by atoms with E-state index < -0.39 is 15.9 Å². The van der Waals surface area contributed by atoms with E-state index in [1.807, 2.05) is 12.1 Å². The lowest BCUT2D eigenvalue weighted by Gasteiger charge is -2.11. The number of carbonyl (C=O) groups is 1. The minimum Gasteiger partial charge on any atom is -0.358 e. The van der Waals surface area contributed by atoms with Gasteiger partial charge in [-0.05, 0) is 55.5 Å². The van der Waals surface area contributed by atoms with Crippen molar-refractivity contribution in [2.45, 2.75) is 31.7 Å². The molecule has 120 valence electrons. The summed E-state index contributed by atoms with van der Waals surface area (Å²) in [4.78, 5) is 15.8. The van der Waals surface area contributed by atoms with Crippen molar-refractivity contribution in [3.05, 3.63) is 46.5 Å². The van der Waals surface area contributed by atoms with Crippen molar-refractivity contribution in [2.75, 3.05) is 5.75 Å². The molecule has 1 atom stereocenters. The normalized spacial score (nSPS) is 22.2. The maximum atomic E-state index is 12.4. The minimum atomic E-state index is -3.16. The fraction of sp³-hybridized carbons (Fsp3) is 0.353. The van der Waals surface area contributed by atoms with Crippen molar-refractivity contribution >= 4 is 26.6 Å². The molecule has 1 aromatic heterocycles. The summed E-state index contributed by atoms with van der Waals surface area (Å²) in [5, 5.41) is 5.06. The van der Waals surface area contributed by atoms with Gasteiger partial charge in [-0.2, -0.15) is 0 Å². The zero-order chi connectivity index (χ0) is 16.0. The first-order chi connectivity index (χ1) is 11.0. The van der Waals surface area contributed by atoms with Crippen molar-refractivity contribution in [1.82, 2.24) is 10.3 Å². The molecule has 2 aromatic rings. The van der Waals surface area contributed by atoms with Gasteiger partial charge in [-0.3, -0.25) is 4.79 Å². The second-order valence-corrected chi connectivity index (χ2v) is 8.22. The van der Waals surface area contributed by atoms with Gasteiger partial charge in [0.05, 0.1) is 11.8 Å². The zero-order valence-electron chi connectivity index (χ0n) is 12.6. The average molecular weight is 330 g/mol. The Morgan fingerprint density at radius 1 is 1.22 bits per heavy atom. The highest BCUT2D eigenvalue weighted by atomic mass is 32.2. The fourth-order valence-electron chi connectivity index (χ4n) is 3.46. The second kappa shape index (κ2) is 5.23. The van der Waals surface area contributed by atoms with E-state index in [2.05, 4.69) is 10.3 Å². The summed E-state index contributed by atoms with van der Waals surface area (Å²) in [6.07, 6.45) is 6.03. The number of sulfone groups is 1. The van der Waals surface area contributed by atoms with Gasteiger partial charge in [0, 0.05) is 27.6 Å². The van der Waals surface area contributed by atoms with Crippen molar-refractivity contribution in [3.8, 4) is 0 Å². The summed E-state index contributed by atoms with van der Waals surface area (Å²) in [5.41, 5.74) is 4.25. The Labute approximate surface area is 134 Å². The first kappa shape index (κ1) is 14.5. The number of fused-ring (bicyclic) bond motifs is 3. The number of aryl methyl sites for hydroxylation is 2. The van der Waals surface area contributed by atoms with Gasteiger partial charge in [0.1, 0.15) is 0 Å². The highest BCUT2D eigenvalue weighted by Crippen LogP contribution is 2.29. The smallest absolute Gasteiger partial charge is 0.251 e. The standard InChI is InChI=1S/C17H18N2O3S/c20-17(18-12-7-8-23(21,22)10-12)11-5-6-16-14(9-11)13-3-1-2-4-15(13)19-16/h5-9,12,19H,1-4,10H2,(H,18,20)/t12-/m1/s1. The molecule has 2 aliphatic rings. The van der Waals surface area contributed by atoms with Crippen LogP contribution in [0.15, 0.2) is 29.7 Å². The Hall–Kier alpha value is -2.08. The van der Waals surface area contributed by atoms with E-state index in [0.29, 0.717) is 5.56 Å². The summed E-state index contributed by atoms with van der Waals surface area (Å²) >= 11 is 0. The van der Waals surface area contributed by atoms with E-state index in [1.165, 1.54) is 35.6 Å². The summed E-state index contributed by atoms with van der Waals surface area (Å²) in [5.74, 6) is -0.287. The molecule has 0 unspecified atom stereocenters. The van der Waals surface area contributed by atoms with Crippen molar-refractivity contribution < 1.29 is 13.2 Å². The molecule has 1 aromatic carbocycles. The molecule has 1 amide bonds. The number of carbonyl (C=O) groups excluding carboxylic acids is 1. The number of aromatic amines is 1. The van der Waals surface area contributed by atoms with Gasteiger partial charge < -0.3 is 10.3 Å². The number of hydrogen-bond donors (Lipinski definition) is 2. The Morgan fingerprint density at radius 2 is 2.04 bits per heavy atom. The van der Waals surface area contributed by atoms with Crippen LogP contribution in [0.25, 0.3) is 10.9 Å².